The molecular formula is C15H31N. The molecule has 0 radical (unpaired) electrons. The number of nitrogens with zero attached hydrogens (tertiary/aromatic N) is 1. The van der Waals surface area contributed by atoms with Crippen LogP contribution in [-0.2, 0) is 0 Å². The minimum absolute atomic E-state index is 0.349. The van der Waals surface area contributed by atoms with Crippen LogP contribution in [0.15, 0.2) is 0 Å². The summed E-state index contributed by atoms with van der Waals surface area (Å²) in [5.74, 6) is 1.78. The lowest BCUT2D eigenvalue weighted by molar-refractivity contribution is 0.106. The Hall–Kier alpha value is -0.0400. The molecule has 1 aliphatic rings. The summed E-state index contributed by atoms with van der Waals surface area (Å²) in [6, 6.07) is 0.830. The Bertz CT molecular complexity index is 202. The second-order valence-electron chi connectivity index (χ2n) is 7.00. The maximum Gasteiger partial charge on any atom is 0.0128 e. The van der Waals surface area contributed by atoms with Crippen molar-refractivity contribution in [3.63, 3.8) is 0 Å². The van der Waals surface area contributed by atoms with E-state index < -0.39 is 0 Å². The largest absolute Gasteiger partial charge is 0.295 e. The predicted octanol–water partition coefficient (Wildman–Crippen LogP) is 4.32. The summed E-state index contributed by atoms with van der Waals surface area (Å²) in [4.78, 5) is 2.76. The zero-order chi connectivity index (χ0) is 12.3. The topological polar surface area (TPSA) is 3.24 Å². The van der Waals surface area contributed by atoms with Gasteiger partial charge in [-0.3, -0.25) is 4.90 Å². The van der Waals surface area contributed by atoms with Gasteiger partial charge in [-0.25, -0.2) is 0 Å². The zero-order valence-corrected chi connectivity index (χ0v) is 12.2. The Morgan fingerprint density at radius 3 is 2.31 bits per heavy atom. The maximum absolute atomic E-state index is 2.76. The normalized spacial score (nSPS) is 27.9. The van der Waals surface area contributed by atoms with Gasteiger partial charge in [0.05, 0.1) is 0 Å². The molecule has 0 amide bonds. The molecule has 2 unspecified atom stereocenters. The highest BCUT2D eigenvalue weighted by Crippen LogP contribution is 2.35. The van der Waals surface area contributed by atoms with E-state index in [0.29, 0.717) is 5.54 Å². The summed E-state index contributed by atoms with van der Waals surface area (Å²) in [6.07, 6.45) is 5.57. The van der Waals surface area contributed by atoms with E-state index in [2.05, 4.69) is 46.4 Å². The lowest BCUT2D eigenvalue weighted by Crippen LogP contribution is -2.45. The average molecular weight is 225 g/mol. The van der Waals surface area contributed by atoms with Crippen molar-refractivity contribution >= 4 is 0 Å². The van der Waals surface area contributed by atoms with Crippen LogP contribution in [0, 0.1) is 11.8 Å². The van der Waals surface area contributed by atoms with E-state index in [4.69, 9.17) is 0 Å². The van der Waals surface area contributed by atoms with E-state index in [-0.39, 0.29) is 0 Å². The van der Waals surface area contributed by atoms with Crippen LogP contribution >= 0.6 is 0 Å². The quantitative estimate of drug-likeness (QED) is 0.688. The molecule has 0 aliphatic carbocycles. The number of hydrogen-bond donors (Lipinski definition) is 0. The van der Waals surface area contributed by atoms with Crippen molar-refractivity contribution in [2.24, 2.45) is 11.8 Å². The molecule has 1 aliphatic heterocycles. The van der Waals surface area contributed by atoms with Crippen LogP contribution in [0.2, 0.25) is 0 Å². The zero-order valence-electron chi connectivity index (χ0n) is 12.2. The summed E-state index contributed by atoms with van der Waals surface area (Å²) in [5.41, 5.74) is 0.349. The first kappa shape index (κ1) is 14.0. The van der Waals surface area contributed by atoms with E-state index in [9.17, 15) is 0 Å². The molecule has 0 N–H and O–H groups in total. The first-order chi connectivity index (χ1) is 7.34. The molecule has 1 saturated heterocycles. The van der Waals surface area contributed by atoms with Gasteiger partial charge in [0.1, 0.15) is 0 Å². The van der Waals surface area contributed by atoms with Crippen LogP contribution in [0.5, 0.6) is 0 Å². The maximum atomic E-state index is 2.76. The standard InChI is InChI=1S/C15H31N/c1-7-8-13-10-14(9-12(2)3)16(11-13)15(4,5)6/h12-14H,7-11H2,1-6H3. The van der Waals surface area contributed by atoms with Gasteiger partial charge in [-0.15, -0.1) is 0 Å². The molecule has 0 aromatic rings. The van der Waals surface area contributed by atoms with Gasteiger partial charge < -0.3 is 0 Å². The van der Waals surface area contributed by atoms with Gasteiger partial charge in [-0.05, 0) is 51.9 Å². The smallest absolute Gasteiger partial charge is 0.0128 e. The molecule has 0 aromatic carbocycles. The highest BCUT2D eigenvalue weighted by molar-refractivity contribution is 4.92. The van der Waals surface area contributed by atoms with Gasteiger partial charge in [-0.1, -0.05) is 27.2 Å². The van der Waals surface area contributed by atoms with E-state index in [0.717, 1.165) is 17.9 Å². The molecule has 0 aromatic heterocycles. The van der Waals surface area contributed by atoms with E-state index in [1.165, 1.54) is 32.2 Å². The van der Waals surface area contributed by atoms with Crippen molar-refractivity contribution in [1.29, 1.82) is 0 Å². The number of likely N-dealkylation sites (tertiary alicyclic amines) is 1. The molecule has 1 heterocycles. The van der Waals surface area contributed by atoms with Crippen molar-refractivity contribution < 1.29 is 0 Å². The first-order valence-corrected chi connectivity index (χ1v) is 7.11. The van der Waals surface area contributed by atoms with Crippen LogP contribution in [0.3, 0.4) is 0 Å². The third kappa shape index (κ3) is 3.76. The SMILES string of the molecule is CCCC1CC(CC(C)C)N(C(C)(C)C)C1. The molecule has 0 spiro atoms. The fourth-order valence-electron chi connectivity index (χ4n) is 3.22. The lowest BCUT2D eigenvalue weighted by Gasteiger charge is -2.37. The molecule has 2 atom stereocenters. The third-order valence-electron chi connectivity index (χ3n) is 3.80. The monoisotopic (exact) mass is 225 g/mol. The molecule has 0 bridgehead atoms. The Balaban J connectivity index is 2.64. The Morgan fingerprint density at radius 1 is 1.25 bits per heavy atom. The summed E-state index contributed by atoms with van der Waals surface area (Å²) in [5, 5.41) is 0. The molecule has 1 fully saturated rings. The third-order valence-corrected chi connectivity index (χ3v) is 3.80. The van der Waals surface area contributed by atoms with Gasteiger partial charge in [-0.2, -0.15) is 0 Å². The molecule has 0 saturated carbocycles. The second kappa shape index (κ2) is 5.53. The van der Waals surface area contributed by atoms with Crippen molar-refractivity contribution in [2.75, 3.05) is 6.54 Å². The minimum Gasteiger partial charge on any atom is -0.295 e. The first-order valence-electron chi connectivity index (χ1n) is 7.11. The summed E-state index contributed by atoms with van der Waals surface area (Å²) in [6.45, 7) is 15.5. The molecule has 1 heteroatoms. The summed E-state index contributed by atoms with van der Waals surface area (Å²) >= 11 is 0. The number of rotatable bonds is 4. The molecular weight excluding hydrogens is 194 g/mol. The van der Waals surface area contributed by atoms with E-state index in [1.807, 2.05) is 0 Å². The minimum atomic E-state index is 0.349. The van der Waals surface area contributed by atoms with Crippen molar-refractivity contribution in [3.05, 3.63) is 0 Å². The molecule has 1 nitrogen and oxygen atoms in total. The van der Waals surface area contributed by atoms with Gasteiger partial charge >= 0.3 is 0 Å². The van der Waals surface area contributed by atoms with Gasteiger partial charge in [0.25, 0.3) is 0 Å². The fourth-order valence-corrected chi connectivity index (χ4v) is 3.22. The summed E-state index contributed by atoms with van der Waals surface area (Å²) < 4.78 is 0. The van der Waals surface area contributed by atoms with Crippen molar-refractivity contribution in [3.8, 4) is 0 Å². The molecule has 16 heavy (non-hydrogen) atoms. The second-order valence-corrected chi connectivity index (χ2v) is 7.00. The van der Waals surface area contributed by atoms with Gasteiger partial charge in [0.2, 0.25) is 0 Å². The highest BCUT2D eigenvalue weighted by atomic mass is 15.2. The number of hydrogen-bond acceptors (Lipinski definition) is 1. The van der Waals surface area contributed by atoms with Crippen LogP contribution in [0.1, 0.15) is 67.2 Å². The predicted molar refractivity (Wildman–Crippen MR) is 72.7 cm³/mol. The highest BCUT2D eigenvalue weighted by Gasteiger charge is 2.37. The van der Waals surface area contributed by atoms with Crippen LogP contribution in [-0.4, -0.2) is 23.0 Å². The van der Waals surface area contributed by atoms with Crippen LogP contribution < -0.4 is 0 Å². The average Bonchev–Trinajstić information content (AvgIpc) is 2.46. The van der Waals surface area contributed by atoms with Gasteiger partial charge in [0, 0.05) is 18.1 Å². The fraction of sp³-hybridized carbons (Fsp3) is 1.00. The summed E-state index contributed by atoms with van der Waals surface area (Å²) in [7, 11) is 0. The molecule has 96 valence electrons. The van der Waals surface area contributed by atoms with Crippen molar-refractivity contribution in [1.82, 2.24) is 4.90 Å². The van der Waals surface area contributed by atoms with Crippen LogP contribution in [0.4, 0.5) is 0 Å². The lowest BCUT2D eigenvalue weighted by atomic mass is 9.95. The Morgan fingerprint density at radius 2 is 1.88 bits per heavy atom. The molecule has 1 rings (SSSR count). The van der Waals surface area contributed by atoms with Crippen LogP contribution in [0.25, 0.3) is 0 Å². The van der Waals surface area contributed by atoms with E-state index >= 15 is 0 Å². The van der Waals surface area contributed by atoms with E-state index in [1.54, 1.807) is 0 Å². The van der Waals surface area contributed by atoms with Gasteiger partial charge in [0.15, 0.2) is 0 Å². The Kier molecular flexibility index (Phi) is 4.85. The van der Waals surface area contributed by atoms with Crippen molar-refractivity contribution in [2.45, 2.75) is 78.8 Å². The Labute approximate surface area is 103 Å².